The summed E-state index contributed by atoms with van der Waals surface area (Å²) in [5.74, 6) is 1.10. The van der Waals surface area contributed by atoms with E-state index in [1.54, 1.807) is 6.92 Å². The number of aliphatic hydroxyl groups is 1. The highest BCUT2D eigenvalue weighted by molar-refractivity contribution is 5.92. The van der Waals surface area contributed by atoms with E-state index in [1.165, 1.54) is 0 Å². The van der Waals surface area contributed by atoms with Crippen LogP contribution in [-0.2, 0) is 0 Å². The van der Waals surface area contributed by atoms with E-state index in [2.05, 4.69) is 10.3 Å². The zero-order valence-electron chi connectivity index (χ0n) is 11.1. The van der Waals surface area contributed by atoms with Crippen LogP contribution in [0.5, 0.6) is 5.75 Å². The van der Waals surface area contributed by atoms with E-state index < -0.39 is 6.10 Å². The first kappa shape index (κ1) is 14.3. The first-order chi connectivity index (χ1) is 8.47. The largest absolute Gasteiger partial charge is 0.491 e. The number of aliphatic imine (C=N–C) groups is 1. The Morgan fingerprint density at radius 2 is 1.94 bits per heavy atom. The van der Waals surface area contributed by atoms with E-state index in [1.807, 2.05) is 38.1 Å². The van der Waals surface area contributed by atoms with Gasteiger partial charge in [0.25, 0.3) is 0 Å². The van der Waals surface area contributed by atoms with Crippen molar-refractivity contribution in [3.63, 3.8) is 0 Å². The Bertz CT molecular complexity index is 386. The minimum Gasteiger partial charge on any atom is -0.491 e. The van der Waals surface area contributed by atoms with Crippen molar-refractivity contribution in [2.75, 3.05) is 11.9 Å². The number of rotatable bonds is 5. The molecule has 1 aromatic carbocycles. The van der Waals surface area contributed by atoms with Gasteiger partial charge in [-0.15, -0.1) is 0 Å². The lowest BCUT2D eigenvalue weighted by atomic mass is 10.3. The molecule has 5 heteroatoms. The number of ether oxygens (including phenoxy) is 1. The number of anilines is 1. The number of nitrogens with two attached hydrogens (primary N) is 1. The van der Waals surface area contributed by atoms with Crippen molar-refractivity contribution in [3.05, 3.63) is 24.3 Å². The molecule has 0 bridgehead atoms. The summed E-state index contributed by atoms with van der Waals surface area (Å²) >= 11 is 0. The molecule has 0 radical (unpaired) electrons. The quantitative estimate of drug-likeness (QED) is 0.548. The van der Waals surface area contributed by atoms with Gasteiger partial charge in [-0.3, -0.25) is 4.99 Å². The Labute approximate surface area is 108 Å². The number of nitrogens with one attached hydrogen (secondary N) is 1. The van der Waals surface area contributed by atoms with Crippen molar-refractivity contribution in [1.29, 1.82) is 0 Å². The summed E-state index contributed by atoms with van der Waals surface area (Å²) in [7, 11) is 0. The number of nitrogens with zero attached hydrogens (tertiary/aromatic N) is 1. The SMILES string of the molecule is CC(O)CN=C(N)Nc1ccc(OC(C)C)cc1. The lowest BCUT2D eigenvalue weighted by molar-refractivity contribution is 0.204. The highest BCUT2D eigenvalue weighted by Gasteiger charge is 1.99. The number of guanidine groups is 1. The topological polar surface area (TPSA) is 79.9 Å². The average Bonchev–Trinajstić information content (AvgIpc) is 2.28. The van der Waals surface area contributed by atoms with Gasteiger partial charge in [-0.2, -0.15) is 0 Å². The second kappa shape index (κ2) is 6.86. The van der Waals surface area contributed by atoms with E-state index in [4.69, 9.17) is 15.6 Å². The van der Waals surface area contributed by atoms with Crippen molar-refractivity contribution in [3.8, 4) is 5.75 Å². The lowest BCUT2D eigenvalue weighted by Crippen LogP contribution is -2.24. The molecule has 18 heavy (non-hydrogen) atoms. The fourth-order valence-electron chi connectivity index (χ4n) is 1.31. The molecule has 0 spiro atoms. The van der Waals surface area contributed by atoms with Gasteiger partial charge in [0.15, 0.2) is 5.96 Å². The summed E-state index contributed by atoms with van der Waals surface area (Å²) in [5.41, 5.74) is 6.50. The molecule has 0 aromatic heterocycles. The number of hydrogen-bond donors (Lipinski definition) is 3. The summed E-state index contributed by atoms with van der Waals surface area (Å²) < 4.78 is 5.53. The molecule has 0 saturated carbocycles. The number of hydrogen-bond acceptors (Lipinski definition) is 3. The van der Waals surface area contributed by atoms with E-state index >= 15 is 0 Å². The highest BCUT2D eigenvalue weighted by atomic mass is 16.5. The molecular weight excluding hydrogens is 230 g/mol. The molecule has 0 amide bonds. The van der Waals surface area contributed by atoms with Crippen molar-refractivity contribution >= 4 is 11.6 Å². The summed E-state index contributed by atoms with van der Waals surface area (Å²) in [6.07, 6.45) is -0.339. The molecule has 1 aromatic rings. The first-order valence-electron chi connectivity index (χ1n) is 5.99. The highest BCUT2D eigenvalue weighted by Crippen LogP contribution is 2.16. The molecule has 0 heterocycles. The average molecular weight is 251 g/mol. The maximum Gasteiger partial charge on any atom is 0.193 e. The third kappa shape index (κ3) is 5.54. The number of benzene rings is 1. The van der Waals surface area contributed by atoms with Gasteiger partial charge in [-0.25, -0.2) is 0 Å². The van der Waals surface area contributed by atoms with Gasteiger partial charge in [0.1, 0.15) is 5.75 Å². The molecule has 100 valence electrons. The third-order valence-corrected chi connectivity index (χ3v) is 2.02. The van der Waals surface area contributed by atoms with Crippen molar-refractivity contribution in [2.45, 2.75) is 33.0 Å². The summed E-state index contributed by atoms with van der Waals surface area (Å²) in [4.78, 5) is 3.99. The maximum absolute atomic E-state index is 9.08. The van der Waals surface area contributed by atoms with Gasteiger partial charge in [0, 0.05) is 5.69 Å². The van der Waals surface area contributed by atoms with E-state index in [-0.39, 0.29) is 18.6 Å². The molecule has 0 fully saturated rings. The van der Waals surface area contributed by atoms with Crippen LogP contribution in [0.2, 0.25) is 0 Å². The smallest absolute Gasteiger partial charge is 0.193 e. The minimum absolute atomic E-state index is 0.154. The van der Waals surface area contributed by atoms with Crippen LogP contribution in [0.4, 0.5) is 5.69 Å². The van der Waals surface area contributed by atoms with Crippen LogP contribution in [0, 0.1) is 0 Å². The van der Waals surface area contributed by atoms with Crippen LogP contribution < -0.4 is 15.8 Å². The Morgan fingerprint density at radius 3 is 2.44 bits per heavy atom. The maximum atomic E-state index is 9.08. The van der Waals surface area contributed by atoms with Crippen LogP contribution in [-0.4, -0.2) is 29.8 Å². The van der Waals surface area contributed by atoms with Crippen molar-refractivity contribution in [1.82, 2.24) is 0 Å². The second-order valence-corrected chi connectivity index (χ2v) is 4.39. The first-order valence-corrected chi connectivity index (χ1v) is 5.99. The zero-order valence-corrected chi connectivity index (χ0v) is 11.1. The Morgan fingerprint density at radius 1 is 1.33 bits per heavy atom. The number of aliphatic hydroxyl groups excluding tert-OH is 1. The van der Waals surface area contributed by atoms with Crippen LogP contribution in [0.25, 0.3) is 0 Å². The standard InChI is InChI=1S/C13H21N3O2/c1-9(2)18-12-6-4-11(5-7-12)16-13(14)15-8-10(3)17/h4-7,9-10,17H,8H2,1-3H3,(H3,14,15,16). The molecule has 0 aliphatic carbocycles. The fraction of sp³-hybridized carbons (Fsp3) is 0.462. The molecule has 0 aliphatic heterocycles. The molecular formula is C13H21N3O2. The van der Waals surface area contributed by atoms with Gasteiger partial charge < -0.3 is 20.9 Å². The van der Waals surface area contributed by atoms with Gasteiger partial charge in [0.2, 0.25) is 0 Å². The second-order valence-electron chi connectivity index (χ2n) is 4.39. The monoisotopic (exact) mass is 251 g/mol. The van der Waals surface area contributed by atoms with E-state index in [9.17, 15) is 0 Å². The fourth-order valence-corrected chi connectivity index (χ4v) is 1.31. The molecule has 1 unspecified atom stereocenters. The molecule has 5 nitrogen and oxygen atoms in total. The van der Waals surface area contributed by atoms with E-state index in [0.717, 1.165) is 11.4 Å². The van der Waals surface area contributed by atoms with Crippen molar-refractivity contribution in [2.24, 2.45) is 10.7 Å². The zero-order chi connectivity index (χ0) is 13.5. The van der Waals surface area contributed by atoms with Crippen LogP contribution in [0.15, 0.2) is 29.3 Å². The Kier molecular flexibility index (Phi) is 5.45. The van der Waals surface area contributed by atoms with Gasteiger partial charge >= 0.3 is 0 Å². The Balaban J connectivity index is 2.55. The molecule has 0 saturated heterocycles. The summed E-state index contributed by atoms with van der Waals surface area (Å²) in [5, 5.41) is 12.0. The summed E-state index contributed by atoms with van der Waals surface area (Å²) in [6, 6.07) is 7.46. The molecule has 1 atom stereocenters. The van der Waals surface area contributed by atoms with Crippen molar-refractivity contribution < 1.29 is 9.84 Å². The molecule has 0 aliphatic rings. The van der Waals surface area contributed by atoms with Gasteiger partial charge in [-0.05, 0) is 45.0 Å². The lowest BCUT2D eigenvalue weighted by Gasteiger charge is -2.11. The predicted molar refractivity (Wildman–Crippen MR) is 74.0 cm³/mol. The van der Waals surface area contributed by atoms with Crippen LogP contribution >= 0.6 is 0 Å². The molecule has 4 N–H and O–H groups in total. The molecule has 1 rings (SSSR count). The van der Waals surface area contributed by atoms with Crippen LogP contribution in [0.1, 0.15) is 20.8 Å². The van der Waals surface area contributed by atoms with E-state index in [0.29, 0.717) is 0 Å². The predicted octanol–water partition coefficient (Wildman–Crippen LogP) is 1.58. The summed E-state index contributed by atoms with van der Waals surface area (Å²) in [6.45, 7) is 5.90. The normalized spacial score (nSPS) is 13.5. The van der Waals surface area contributed by atoms with Gasteiger partial charge in [0.05, 0.1) is 18.8 Å². The van der Waals surface area contributed by atoms with Gasteiger partial charge in [-0.1, -0.05) is 0 Å². The minimum atomic E-state index is -0.493. The third-order valence-electron chi connectivity index (χ3n) is 2.02. The van der Waals surface area contributed by atoms with Crippen LogP contribution in [0.3, 0.4) is 0 Å². The Hall–Kier alpha value is -1.75.